The van der Waals surface area contributed by atoms with E-state index in [2.05, 4.69) is 17.9 Å². The van der Waals surface area contributed by atoms with E-state index in [0.717, 1.165) is 0 Å². The molecule has 4 nitrogen and oxygen atoms in total. The van der Waals surface area contributed by atoms with Gasteiger partial charge in [-0.25, -0.2) is 8.42 Å². The first-order valence-corrected chi connectivity index (χ1v) is 9.61. The molecule has 24 heavy (non-hydrogen) atoms. The van der Waals surface area contributed by atoms with Gasteiger partial charge >= 0.3 is 0 Å². The number of rotatable bonds is 8. The van der Waals surface area contributed by atoms with Crippen molar-refractivity contribution in [1.82, 2.24) is 4.72 Å². The van der Waals surface area contributed by atoms with E-state index in [9.17, 15) is 13.5 Å². The van der Waals surface area contributed by atoms with E-state index in [4.69, 9.17) is 11.6 Å². The van der Waals surface area contributed by atoms with Crippen molar-refractivity contribution in [3.8, 4) is 0 Å². The van der Waals surface area contributed by atoms with Gasteiger partial charge in [0.25, 0.3) is 0 Å². The van der Waals surface area contributed by atoms with Gasteiger partial charge in [0, 0.05) is 0 Å². The fourth-order valence-corrected chi connectivity index (χ4v) is 4.81. The number of hydrogen-bond donors (Lipinski definition) is 2. The number of nitrogens with one attached hydrogen (secondary N) is 1. The van der Waals surface area contributed by atoms with Gasteiger partial charge < -0.3 is 5.11 Å². The Balaban J connectivity index is 3.53. The molecule has 0 saturated heterocycles. The molecule has 2 N–H and O–H groups in total. The number of hydrogen-bond acceptors (Lipinski definition) is 3. The molecular formula is C18H26ClNO3S. The van der Waals surface area contributed by atoms with Crippen LogP contribution in [0.2, 0.25) is 0 Å². The number of sulfonamides is 1. The van der Waals surface area contributed by atoms with Crippen molar-refractivity contribution in [2.75, 3.05) is 0 Å². The second-order valence-electron chi connectivity index (χ2n) is 6.21. The van der Waals surface area contributed by atoms with Gasteiger partial charge in [-0.3, -0.25) is 0 Å². The summed E-state index contributed by atoms with van der Waals surface area (Å²) < 4.78 is 28.1. The molecule has 6 heteroatoms. The smallest absolute Gasteiger partial charge is 0.242 e. The Hall–Kier alpha value is -1.14. The van der Waals surface area contributed by atoms with Crippen molar-refractivity contribution in [1.29, 1.82) is 0 Å². The van der Waals surface area contributed by atoms with Crippen LogP contribution < -0.4 is 4.72 Å². The molecule has 2 atom stereocenters. The first-order chi connectivity index (χ1) is 10.9. The van der Waals surface area contributed by atoms with E-state index in [-0.39, 0.29) is 4.90 Å². The van der Waals surface area contributed by atoms with Crippen LogP contribution in [0.5, 0.6) is 0 Å². The molecule has 0 spiro atoms. The fourth-order valence-electron chi connectivity index (χ4n) is 2.65. The van der Waals surface area contributed by atoms with Crippen LogP contribution in [0.15, 0.2) is 59.5 Å². The molecule has 0 radical (unpaired) electrons. The zero-order valence-corrected chi connectivity index (χ0v) is 16.2. The first kappa shape index (κ1) is 20.9. The van der Waals surface area contributed by atoms with E-state index in [1.165, 1.54) is 12.1 Å². The molecule has 134 valence electrons. The lowest BCUT2D eigenvalue weighted by Gasteiger charge is -2.47. The van der Waals surface area contributed by atoms with Crippen LogP contribution in [0, 0.1) is 5.92 Å². The Morgan fingerprint density at radius 2 is 1.71 bits per heavy atom. The predicted molar refractivity (Wildman–Crippen MR) is 99.4 cm³/mol. The van der Waals surface area contributed by atoms with Gasteiger partial charge in [0.15, 0.2) is 0 Å². The molecule has 1 rings (SSSR count). The molecule has 0 amide bonds. The van der Waals surface area contributed by atoms with Crippen LogP contribution in [-0.4, -0.2) is 24.1 Å². The summed E-state index contributed by atoms with van der Waals surface area (Å²) in [5, 5.41) is 11.2. The Labute approximate surface area is 150 Å². The molecule has 0 saturated carbocycles. The van der Waals surface area contributed by atoms with Crippen LogP contribution >= 0.6 is 11.6 Å². The minimum absolute atomic E-state index is 0.0732. The van der Waals surface area contributed by atoms with Crippen molar-refractivity contribution in [3.63, 3.8) is 0 Å². The summed E-state index contributed by atoms with van der Waals surface area (Å²) >= 11 is 6.76. The van der Waals surface area contributed by atoms with Crippen LogP contribution in [0.3, 0.4) is 0 Å². The quantitative estimate of drug-likeness (QED) is 0.414. The standard InChI is InChI=1S/C18H26ClNO3S/c1-7-15(6)18(19,17(21,13(2)3)14(4)5)20-24(22,23)16-11-9-8-10-12-16/h8-12,15,20-21H,2,4,7H2,1,3,5-6H3/t15-,18+/m0/s1. The minimum Gasteiger partial charge on any atom is -0.378 e. The summed E-state index contributed by atoms with van der Waals surface area (Å²) in [4.78, 5) is -1.64. The van der Waals surface area contributed by atoms with E-state index in [1.54, 1.807) is 39.0 Å². The van der Waals surface area contributed by atoms with Gasteiger partial charge in [0.1, 0.15) is 10.6 Å². The molecule has 0 bridgehead atoms. The summed E-state index contributed by atoms with van der Waals surface area (Å²) in [6.07, 6.45) is 0.545. The minimum atomic E-state index is -3.95. The van der Waals surface area contributed by atoms with Gasteiger partial charge in [-0.1, -0.05) is 63.2 Å². The van der Waals surface area contributed by atoms with Gasteiger partial charge in [-0.2, -0.15) is 4.72 Å². The van der Waals surface area contributed by atoms with Gasteiger partial charge in [-0.15, -0.1) is 0 Å². The highest BCUT2D eigenvalue weighted by atomic mass is 35.5. The monoisotopic (exact) mass is 371 g/mol. The summed E-state index contributed by atoms with van der Waals surface area (Å²) in [6, 6.07) is 7.91. The topological polar surface area (TPSA) is 66.4 Å². The number of halogens is 1. The van der Waals surface area contributed by atoms with E-state index in [0.29, 0.717) is 17.6 Å². The maximum Gasteiger partial charge on any atom is 0.242 e. The molecule has 0 fully saturated rings. The molecule has 0 aromatic heterocycles. The normalized spacial score (nSPS) is 16.2. The third-order valence-corrected chi connectivity index (χ3v) is 6.73. The largest absolute Gasteiger partial charge is 0.378 e. The maximum atomic E-state index is 12.8. The maximum absolute atomic E-state index is 12.8. The molecule has 1 aromatic carbocycles. The Morgan fingerprint density at radius 3 is 2.08 bits per heavy atom. The highest BCUT2D eigenvalue weighted by Crippen LogP contribution is 2.44. The molecule has 0 aliphatic carbocycles. The first-order valence-electron chi connectivity index (χ1n) is 7.75. The SMILES string of the molecule is C=C(C)C(O)(C(=C)C)[C@](Cl)(NS(=O)(=O)c1ccccc1)[C@@H](C)CC. The number of benzene rings is 1. The number of aliphatic hydroxyl groups is 1. The second-order valence-corrected chi connectivity index (χ2v) is 8.49. The third-order valence-electron chi connectivity index (χ3n) is 4.39. The van der Waals surface area contributed by atoms with Crippen molar-refractivity contribution in [2.45, 2.75) is 49.6 Å². The van der Waals surface area contributed by atoms with Gasteiger partial charge in [-0.05, 0) is 43.0 Å². The van der Waals surface area contributed by atoms with Crippen molar-refractivity contribution in [2.24, 2.45) is 5.92 Å². The summed E-state index contributed by atoms with van der Waals surface area (Å²) in [7, 11) is -3.95. The van der Waals surface area contributed by atoms with Crippen LogP contribution in [0.25, 0.3) is 0 Å². The van der Waals surface area contributed by atoms with Crippen LogP contribution in [-0.2, 0) is 10.0 Å². The zero-order valence-electron chi connectivity index (χ0n) is 14.6. The van der Waals surface area contributed by atoms with Gasteiger partial charge in [0.05, 0.1) is 4.90 Å². The van der Waals surface area contributed by atoms with Crippen molar-refractivity contribution in [3.05, 3.63) is 54.6 Å². The summed E-state index contributed by atoms with van der Waals surface area (Å²) in [6.45, 7) is 14.5. The Bertz CT molecular complexity index is 701. The number of alkyl halides is 1. The highest BCUT2D eigenvalue weighted by Gasteiger charge is 2.55. The van der Waals surface area contributed by atoms with E-state index >= 15 is 0 Å². The fraction of sp³-hybridized carbons (Fsp3) is 0.444. The van der Waals surface area contributed by atoms with Crippen LogP contribution in [0.4, 0.5) is 0 Å². The highest BCUT2D eigenvalue weighted by molar-refractivity contribution is 7.89. The summed E-state index contributed by atoms with van der Waals surface area (Å²) in [5.74, 6) is -0.393. The molecule has 1 aromatic rings. The second kappa shape index (κ2) is 7.40. The Morgan fingerprint density at radius 1 is 1.25 bits per heavy atom. The van der Waals surface area contributed by atoms with E-state index < -0.39 is 26.5 Å². The molecule has 0 aliphatic heterocycles. The Kier molecular flexibility index (Phi) is 6.44. The third kappa shape index (κ3) is 3.59. The lowest BCUT2D eigenvalue weighted by atomic mass is 9.76. The molecule has 0 aliphatic rings. The molecule has 0 heterocycles. The van der Waals surface area contributed by atoms with Crippen LogP contribution in [0.1, 0.15) is 34.1 Å². The summed E-state index contributed by atoms with van der Waals surface area (Å²) in [5.41, 5.74) is -1.16. The molecular weight excluding hydrogens is 346 g/mol. The average molecular weight is 372 g/mol. The average Bonchev–Trinajstić information content (AvgIpc) is 2.52. The lowest BCUT2D eigenvalue weighted by molar-refractivity contribution is 0.0372. The lowest BCUT2D eigenvalue weighted by Crippen LogP contribution is -2.65. The van der Waals surface area contributed by atoms with Crippen molar-refractivity contribution < 1.29 is 13.5 Å². The van der Waals surface area contributed by atoms with E-state index in [1.807, 2.05) is 6.92 Å². The molecule has 0 unspecified atom stereocenters. The zero-order chi connectivity index (χ0) is 18.8. The van der Waals surface area contributed by atoms with Gasteiger partial charge in [0.2, 0.25) is 10.0 Å². The predicted octanol–water partition coefficient (Wildman–Crippen LogP) is 3.83. The van der Waals surface area contributed by atoms with Crippen molar-refractivity contribution >= 4 is 21.6 Å².